The molecular weight excluding hydrogens is 281 g/mol. The van der Waals surface area contributed by atoms with Crippen molar-refractivity contribution in [2.45, 2.75) is 18.7 Å². The van der Waals surface area contributed by atoms with E-state index in [4.69, 9.17) is 11.6 Å². The number of alkyl halides is 1. The van der Waals surface area contributed by atoms with Gasteiger partial charge >= 0.3 is 0 Å². The van der Waals surface area contributed by atoms with Crippen LogP contribution in [0.4, 0.5) is 5.95 Å². The molecule has 0 spiro atoms. The number of rotatable bonds is 1. The fraction of sp³-hybridized carbons (Fsp3) is 0.444. The van der Waals surface area contributed by atoms with E-state index in [1.165, 1.54) is 4.90 Å². The Bertz CT molecular complexity index is 412. The highest BCUT2D eigenvalue weighted by Crippen LogP contribution is 2.22. The fourth-order valence-corrected chi connectivity index (χ4v) is 1.89. The van der Waals surface area contributed by atoms with Crippen LogP contribution in [0.15, 0.2) is 10.7 Å². The number of anilines is 1. The van der Waals surface area contributed by atoms with Crippen molar-refractivity contribution in [1.82, 2.24) is 9.97 Å². The first kappa shape index (κ1) is 10.8. The van der Waals surface area contributed by atoms with E-state index in [9.17, 15) is 4.79 Å². The summed E-state index contributed by atoms with van der Waals surface area (Å²) in [7, 11) is 0. The van der Waals surface area contributed by atoms with E-state index in [0.717, 1.165) is 10.2 Å². The lowest BCUT2D eigenvalue weighted by Gasteiger charge is -2.13. The highest BCUT2D eigenvalue weighted by molar-refractivity contribution is 9.10. The third-order valence-corrected chi connectivity index (χ3v) is 3.30. The molecule has 0 N–H and O–H groups in total. The van der Waals surface area contributed by atoms with Gasteiger partial charge in [0.25, 0.3) is 0 Å². The molecule has 1 fully saturated rings. The second-order valence-electron chi connectivity index (χ2n) is 3.41. The second-order valence-corrected chi connectivity index (χ2v) is 4.88. The minimum atomic E-state index is -0.134. The highest BCUT2D eigenvalue weighted by atomic mass is 79.9. The van der Waals surface area contributed by atoms with Gasteiger partial charge in [0.15, 0.2) is 0 Å². The summed E-state index contributed by atoms with van der Waals surface area (Å²) in [6.07, 6.45) is 2.01. The van der Waals surface area contributed by atoms with Crippen LogP contribution in [0.5, 0.6) is 0 Å². The van der Waals surface area contributed by atoms with Crippen LogP contribution < -0.4 is 4.90 Å². The van der Waals surface area contributed by atoms with Crippen molar-refractivity contribution in [2.75, 3.05) is 11.4 Å². The summed E-state index contributed by atoms with van der Waals surface area (Å²) in [5, 5.41) is -0.134. The Balaban J connectivity index is 2.30. The SMILES string of the molecule is Cc1nc(N2CC(Cl)CC2=O)ncc1Br. The molecule has 1 aliphatic rings. The average Bonchev–Trinajstić information content (AvgIpc) is 2.50. The van der Waals surface area contributed by atoms with Crippen LogP contribution in [0, 0.1) is 6.92 Å². The first-order valence-corrected chi connectivity index (χ1v) is 5.74. The van der Waals surface area contributed by atoms with Crippen molar-refractivity contribution < 1.29 is 4.79 Å². The minimum absolute atomic E-state index is 0.0169. The third kappa shape index (κ3) is 2.13. The van der Waals surface area contributed by atoms with Gasteiger partial charge < -0.3 is 0 Å². The maximum atomic E-state index is 11.5. The molecular formula is C9H9BrClN3O. The van der Waals surface area contributed by atoms with Crippen LogP contribution in [-0.4, -0.2) is 27.8 Å². The molecule has 0 aliphatic carbocycles. The lowest BCUT2D eigenvalue weighted by atomic mass is 10.4. The van der Waals surface area contributed by atoms with Crippen LogP contribution in [0.1, 0.15) is 12.1 Å². The van der Waals surface area contributed by atoms with Crippen molar-refractivity contribution in [3.63, 3.8) is 0 Å². The number of carbonyl (C=O) groups is 1. The zero-order valence-corrected chi connectivity index (χ0v) is 10.4. The molecule has 0 radical (unpaired) electrons. The first-order chi connectivity index (χ1) is 7.08. The summed E-state index contributed by atoms with van der Waals surface area (Å²) in [5.74, 6) is 0.417. The molecule has 0 aromatic carbocycles. The van der Waals surface area contributed by atoms with Crippen LogP contribution in [0.3, 0.4) is 0 Å². The van der Waals surface area contributed by atoms with Gasteiger partial charge in [-0.05, 0) is 22.9 Å². The standard InChI is InChI=1S/C9H9BrClN3O/c1-5-7(10)3-12-9(13-5)14-4-6(11)2-8(14)15/h3,6H,2,4H2,1H3. The first-order valence-electron chi connectivity index (χ1n) is 4.51. The zero-order valence-electron chi connectivity index (χ0n) is 8.07. The van der Waals surface area contributed by atoms with Gasteiger partial charge in [0.05, 0.1) is 15.5 Å². The molecule has 0 saturated carbocycles. The maximum Gasteiger partial charge on any atom is 0.232 e. The molecule has 2 rings (SSSR count). The van der Waals surface area contributed by atoms with E-state index in [2.05, 4.69) is 25.9 Å². The van der Waals surface area contributed by atoms with E-state index in [0.29, 0.717) is 18.9 Å². The zero-order chi connectivity index (χ0) is 11.0. The molecule has 1 aromatic heterocycles. The largest absolute Gasteiger partial charge is 0.279 e. The summed E-state index contributed by atoms with van der Waals surface area (Å²) in [4.78, 5) is 21.4. The van der Waals surface area contributed by atoms with Gasteiger partial charge in [-0.2, -0.15) is 0 Å². The van der Waals surface area contributed by atoms with Crippen molar-refractivity contribution in [1.29, 1.82) is 0 Å². The molecule has 0 bridgehead atoms. The van der Waals surface area contributed by atoms with E-state index >= 15 is 0 Å². The van der Waals surface area contributed by atoms with E-state index < -0.39 is 0 Å². The Labute approximate surface area is 101 Å². The fourth-order valence-electron chi connectivity index (χ4n) is 1.43. The van der Waals surface area contributed by atoms with Gasteiger partial charge in [0.1, 0.15) is 0 Å². The summed E-state index contributed by atoms with van der Waals surface area (Å²) < 4.78 is 0.834. The Morgan fingerprint density at radius 2 is 2.40 bits per heavy atom. The van der Waals surface area contributed by atoms with Crippen LogP contribution in [0.25, 0.3) is 0 Å². The number of aromatic nitrogens is 2. The van der Waals surface area contributed by atoms with Gasteiger partial charge in [0, 0.05) is 19.2 Å². The Hall–Kier alpha value is -0.680. The van der Waals surface area contributed by atoms with Gasteiger partial charge in [0.2, 0.25) is 11.9 Å². The molecule has 2 heterocycles. The van der Waals surface area contributed by atoms with Crippen LogP contribution in [-0.2, 0) is 4.79 Å². The smallest absolute Gasteiger partial charge is 0.232 e. The van der Waals surface area contributed by atoms with Gasteiger partial charge in [-0.1, -0.05) is 0 Å². The second kappa shape index (κ2) is 4.06. The summed E-state index contributed by atoms with van der Waals surface area (Å²) in [6, 6.07) is 0. The van der Waals surface area contributed by atoms with Crippen LogP contribution >= 0.6 is 27.5 Å². The molecule has 1 aliphatic heterocycles. The van der Waals surface area contributed by atoms with Crippen LogP contribution in [0.2, 0.25) is 0 Å². The molecule has 1 saturated heterocycles. The monoisotopic (exact) mass is 289 g/mol. The predicted molar refractivity (Wildman–Crippen MR) is 61.1 cm³/mol. The third-order valence-electron chi connectivity index (χ3n) is 2.23. The van der Waals surface area contributed by atoms with E-state index in [-0.39, 0.29) is 11.3 Å². The van der Waals surface area contributed by atoms with Crippen molar-refractivity contribution in [3.8, 4) is 0 Å². The molecule has 15 heavy (non-hydrogen) atoms. The molecule has 1 amide bonds. The van der Waals surface area contributed by atoms with Gasteiger partial charge in [-0.15, -0.1) is 11.6 Å². The number of aryl methyl sites for hydroxylation is 1. The topological polar surface area (TPSA) is 46.1 Å². The van der Waals surface area contributed by atoms with E-state index in [1.807, 2.05) is 6.92 Å². The molecule has 1 aromatic rings. The normalized spacial score (nSPS) is 21.1. The number of hydrogen-bond donors (Lipinski definition) is 0. The summed E-state index contributed by atoms with van der Waals surface area (Å²) in [5.41, 5.74) is 0.811. The number of hydrogen-bond acceptors (Lipinski definition) is 3. The lowest BCUT2D eigenvalue weighted by Crippen LogP contribution is -2.26. The number of nitrogens with zero attached hydrogens (tertiary/aromatic N) is 3. The van der Waals surface area contributed by atoms with E-state index in [1.54, 1.807) is 6.20 Å². The Morgan fingerprint density at radius 1 is 1.67 bits per heavy atom. The Morgan fingerprint density at radius 3 is 2.93 bits per heavy atom. The predicted octanol–water partition coefficient (Wildman–Crippen LogP) is 1.89. The van der Waals surface area contributed by atoms with Crippen molar-refractivity contribution in [3.05, 3.63) is 16.4 Å². The molecule has 6 heteroatoms. The number of halogens is 2. The van der Waals surface area contributed by atoms with Crippen molar-refractivity contribution >= 4 is 39.4 Å². The number of carbonyl (C=O) groups excluding carboxylic acids is 1. The molecule has 1 atom stereocenters. The van der Waals surface area contributed by atoms with Crippen molar-refractivity contribution in [2.24, 2.45) is 0 Å². The average molecular weight is 291 g/mol. The molecule has 80 valence electrons. The maximum absolute atomic E-state index is 11.5. The summed E-state index contributed by atoms with van der Waals surface area (Å²) in [6.45, 7) is 2.34. The summed E-state index contributed by atoms with van der Waals surface area (Å²) >= 11 is 9.21. The lowest BCUT2D eigenvalue weighted by molar-refractivity contribution is -0.117. The quantitative estimate of drug-likeness (QED) is 0.742. The highest BCUT2D eigenvalue weighted by Gasteiger charge is 2.30. The number of amides is 1. The Kier molecular flexibility index (Phi) is 2.93. The van der Waals surface area contributed by atoms with Gasteiger partial charge in [-0.25, -0.2) is 9.97 Å². The van der Waals surface area contributed by atoms with Gasteiger partial charge in [-0.3, -0.25) is 9.69 Å². The molecule has 1 unspecified atom stereocenters. The minimum Gasteiger partial charge on any atom is -0.279 e. The molecule has 4 nitrogen and oxygen atoms in total.